The normalized spacial score (nSPS) is 43.4. The molecule has 8 atom stereocenters. The van der Waals surface area contributed by atoms with Gasteiger partial charge in [-0.25, -0.2) is 0 Å². The summed E-state index contributed by atoms with van der Waals surface area (Å²) in [6, 6.07) is 0. The Balaban J connectivity index is 2.01. The minimum Gasteiger partial charge on any atom is -0.462 e. The number of ether oxygens (including phenoxy) is 5. The van der Waals surface area contributed by atoms with E-state index >= 15 is 0 Å². The van der Waals surface area contributed by atoms with Gasteiger partial charge in [0.05, 0.1) is 11.7 Å². The van der Waals surface area contributed by atoms with Gasteiger partial charge in [0.15, 0.2) is 0 Å². The molecule has 0 aromatic rings. The van der Waals surface area contributed by atoms with E-state index in [0.29, 0.717) is 12.8 Å². The number of carbonyl (C=O) groups excluding carboxylic acids is 3. The third-order valence-electron chi connectivity index (χ3n) is 6.40. The van der Waals surface area contributed by atoms with Crippen LogP contribution in [0, 0.1) is 11.8 Å². The summed E-state index contributed by atoms with van der Waals surface area (Å²) < 4.78 is 29.0. The molecular weight excluding hydrogens is 380 g/mol. The third-order valence-corrected chi connectivity index (χ3v) is 6.40. The highest BCUT2D eigenvalue weighted by atomic mass is 16.7. The van der Waals surface area contributed by atoms with Crippen molar-refractivity contribution in [3.8, 4) is 0 Å². The maximum Gasteiger partial charge on any atom is 0.303 e. The van der Waals surface area contributed by atoms with Gasteiger partial charge in [-0.1, -0.05) is 13.8 Å². The first-order valence-electron chi connectivity index (χ1n) is 10.2. The van der Waals surface area contributed by atoms with E-state index in [4.69, 9.17) is 23.7 Å². The maximum absolute atomic E-state index is 11.9. The Kier molecular flexibility index (Phi) is 5.73. The number of carbonyl (C=O) groups is 3. The zero-order valence-electron chi connectivity index (χ0n) is 18.2. The molecule has 0 spiro atoms. The highest BCUT2D eigenvalue weighted by molar-refractivity contribution is 5.67. The lowest BCUT2D eigenvalue weighted by atomic mass is 9.75. The largest absolute Gasteiger partial charge is 0.462 e. The van der Waals surface area contributed by atoms with Crippen molar-refractivity contribution in [2.24, 2.45) is 11.8 Å². The molecule has 8 heteroatoms. The molecule has 0 aromatic heterocycles. The highest BCUT2D eigenvalue weighted by Gasteiger charge is 2.69. The number of hydrogen-bond donors (Lipinski definition) is 0. The predicted molar refractivity (Wildman–Crippen MR) is 101 cm³/mol. The number of hydrogen-bond acceptors (Lipinski definition) is 8. The Bertz CT molecular complexity index is 690. The standard InChI is InChI=1S/C21H32O8/c1-10(2)17-14(25-11(3)22)9-20(6)15(28-20)8-16(26-12(4)23)21(7)19(29-21)18(17)27-13(5)24/h10,14-19H,8-9H2,1-7H3/t14-,15-,16-,17+,18+,19+,20+,21-/m0/s1. The van der Waals surface area contributed by atoms with E-state index in [1.54, 1.807) is 0 Å². The Morgan fingerprint density at radius 2 is 1.52 bits per heavy atom. The van der Waals surface area contributed by atoms with E-state index in [1.807, 2.05) is 27.7 Å². The summed E-state index contributed by atoms with van der Waals surface area (Å²) in [4.78, 5) is 35.5. The van der Waals surface area contributed by atoms with Crippen molar-refractivity contribution >= 4 is 17.9 Å². The Hall–Kier alpha value is -1.67. The zero-order valence-corrected chi connectivity index (χ0v) is 18.2. The Labute approximate surface area is 171 Å². The summed E-state index contributed by atoms with van der Waals surface area (Å²) in [5, 5.41) is 0. The van der Waals surface area contributed by atoms with Gasteiger partial charge in [-0.2, -0.15) is 0 Å². The monoisotopic (exact) mass is 412 g/mol. The van der Waals surface area contributed by atoms with Crippen molar-refractivity contribution in [2.45, 2.75) is 103 Å². The van der Waals surface area contributed by atoms with Crippen molar-refractivity contribution < 1.29 is 38.1 Å². The fourth-order valence-corrected chi connectivity index (χ4v) is 4.88. The highest BCUT2D eigenvalue weighted by Crippen LogP contribution is 2.54. The first kappa shape index (κ1) is 22.0. The van der Waals surface area contributed by atoms with Crippen molar-refractivity contribution in [1.29, 1.82) is 0 Å². The Morgan fingerprint density at radius 3 is 2.03 bits per heavy atom. The van der Waals surface area contributed by atoms with Crippen LogP contribution < -0.4 is 0 Å². The average Bonchev–Trinajstić information content (AvgIpc) is 3.40. The summed E-state index contributed by atoms with van der Waals surface area (Å²) in [6.07, 6.45) is -1.32. The second kappa shape index (κ2) is 7.54. The molecule has 2 saturated heterocycles. The van der Waals surface area contributed by atoms with Crippen LogP contribution in [0.15, 0.2) is 0 Å². The van der Waals surface area contributed by atoms with Gasteiger partial charge in [0.1, 0.15) is 30.0 Å². The number of esters is 3. The van der Waals surface area contributed by atoms with Gasteiger partial charge in [0.2, 0.25) is 0 Å². The molecule has 8 nitrogen and oxygen atoms in total. The summed E-state index contributed by atoms with van der Waals surface area (Å²) in [6.45, 7) is 11.9. The smallest absolute Gasteiger partial charge is 0.303 e. The SMILES string of the molecule is CC(=O)O[C@@H]1[C@H](C(C)C)[C@@H](OC(C)=O)C[C@@]2(C)O[C@H]2C[C@H](OC(C)=O)[C@]2(C)O[C@H]12. The predicted octanol–water partition coefficient (Wildman–Crippen LogP) is 2.16. The van der Waals surface area contributed by atoms with E-state index in [2.05, 4.69) is 0 Å². The molecule has 29 heavy (non-hydrogen) atoms. The molecule has 164 valence electrons. The number of epoxide rings is 2. The maximum atomic E-state index is 11.9. The van der Waals surface area contributed by atoms with Crippen LogP contribution in [0.5, 0.6) is 0 Å². The van der Waals surface area contributed by atoms with Crippen LogP contribution in [0.2, 0.25) is 0 Å². The molecule has 0 amide bonds. The van der Waals surface area contributed by atoms with Crippen LogP contribution in [-0.2, 0) is 38.1 Å². The average molecular weight is 412 g/mol. The lowest BCUT2D eigenvalue weighted by molar-refractivity contribution is -0.165. The summed E-state index contributed by atoms with van der Waals surface area (Å²) >= 11 is 0. The van der Waals surface area contributed by atoms with Gasteiger partial charge < -0.3 is 23.7 Å². The van der Waals surface area contributed by atoms with Crippen molar-refractivity contribution in [3.05, 3.63) is 0 Å². The molecule has 1 aliphatic carbocycles. The fourth-order valence-electron chi connectivity index (χ4n) is 4.88. The van der Waals surface area contributed by atoms with Crippen LogP contribution in [0.3, 0.4) is 0 Å². The molecule has 3 rings (SSSR count). The van der Waals surface area contributed by atoms with Gasteiger partial charge in [0, 0.05) is 39.5 Å². The number of fused-ring (bicyclic) bond motifs is 2. The molecule has 0 radical (unpaired) electrons. The van der Waals surface area contributed by atoms with Crippen molar-refractivity contribution in [1.82, 2.24) is 0 Å². The molecule has 0 aromatic carbocycles. The number of rotatable bonds is 4. The third kappa shape index (κ3) is 4.43. The van der Waals surface area contributed by atoms with E-state index in [-0.39, 0.29) is 17.9 Å². The van der Waals surface area contributed by atoms with Crippen LogP contribution in [0.1, 0.15) is 61.3 Å². The summed E-state index contributed by atoms with van der Waals surface area (Å²) in [7, 11) is 0. The fraction of sp³-hybridized carbons (Fsp3) is 0.857. The van der Waals surface area contributed by atoms with Crippen LogP contribution in [0.25, 0.3) is 0 Å². The zero-order chi connectivity index (χ0) is 21.7. The molecule has 0 bridgehead atoms. The molecule has 0 N–H and O–H groups in total. The van der Waals surface area contributed by atoms with E-state index in [0.717, 1.165) is 0 Å². The van der Waals surface area contributed by atoms with Crippen molar-refractivity contribution in [2.75, 3.05) is 0 Å². The molecule has 2 aliphatic heterocycles. The molecule has 2 heterocycles. The summed E-state index contributed by atoms with van der Waals surface area (Å²) in [5.41, 5.74) is -1.31. The molecule has 1 saturated carbocycles. The second-order valence-corrected chi connectivity index (χ2v) is 9.22. The lowest BCUT2D eigenvalue weighted by Gasteiger charge is -2.37. The van der Waals surface area contributed by atoms with Gasteiger partial charge in [-0.15, -0.1) is 0 Å². The minimum atomic E-state index is -0.802. The topological polar surface area (TPSA) is 104 Å². The van der Waals surface area contributed by atoms with Gasteiger partial charge in [-0.05, 0) is 19.8 Å². The van der Waals surface area contributed by atoms with Gasteiger partial charge in [-0.3, -0.25) is 14.4 Å². The van der Waals surface area contributed by atoms with Crippen molar-refractivity contribution in [3.63, 3.8) is 0 Å². The minimum absolute atomic E-state index is 0.0320. The Morgan fingerprint density at radius 1 is 0.931 bits per heavy atom. The quantitative estimate of drug-likeness (QED) is 0.393. The first-order valence-corrected chi connectivity index (χ1v) is 10.2. The molecular formula is C21H32O8. The molecule has 3 aliphatic rings. The molecule has 3 fully saturated rings. The van der Waals surface area contributed by atoms with Gasteiger partial charge >= 0.3 is 17.9 Å². The van der Waals surface area contributed by atoms with Crippen LogP contribution >= 0.6 is 0 Å². The van der Waals surface area contributed by atoms with Crippen LogP contribution in [0.4, 0.5) is 0 Å². The van der Waals surface area contributed by atoms with Crippen LogP contribution in [-0.4, -0.2) is 59.6 Å². The van der Waals surface area contributed by atoms with Gasteiger partial charge in [0.25, 0.3) is 0 Å². The molecule has 0 unspecified atom stereocenters. The summed E-state index contributed by atoms with van der Waals surface area (Å²) in [5.74, 6) is -1.49. The van der Waals surface area contributed by atoms with E-state index in [9.17, 15) is 14.4 Å². The second-order valence-electron chi connectivity index (χ2n) is 9.22. The lowest BCUT2D eigenvalue weighted by Crippen LogP contribution is -2.49. The van der Waals surface area contributed by atoms with E-state index < -0.39 is 53.5 Å². The van der Waals surface area contributed by atoms with E-state index in [1.165, 1.54) is 20.8 Å². The first-order chi connectivity index (χ1) is 13.4.